The Hall–Kier alpha value is -1.30. The van der Waals surface area contributed by atoms with Gasteiger partial charge in [0.1, 0.15) is 0 Å². The van der Waals surface area contributed by atoms with E-state index in [4.69, 9.17) is 15.2 Å². The standard InChI is InChI=1S/C13H19N3O2/c1-16-5-4-15-7-10(16)13(14)9-2-3-11-12(6-9)18-8-17-11/h2-3,6,10,13,15H,4-5,7-8,14H2,1H3. The maximum Gasteiger partial charge on any atom is 0.231 e. The molecule has 98 valence electrons. The maximum atomic E-state index is 6.38. The van der Waals surface area contributed by atoms with Crippen molar-refractivity contribution in [1.82, 2.24) is 10.2 Å². The highest BCUT2D eigenvalue weighted by Crippen LogP contribution is 2.34. The third-order valence-corrected chi connectivity index (χ3v) is 3.76. The molecule has 0 amide bonds. The summed E-state index contributed by atoms with van der Waals surface area (Å²) in [5.41, 5.74) is 7.47. The van der Waals surface area contributed by atoms with Crippen molar-refractivity contribution in [2.75, 3.05) is 33.5 Å². The molecule has 1 saturated heterocycles. The first-order valence-electron chi connectivity index (χ1n) is 6.32. The summed E-state index contributed by atoms with van der Waals surface area (Å²) >= 11 is 0. The van der Waals surface area contributed by atoms with Crippen LogP contribution in [-0.2, 0) is 0 Å². The first kappa shape index (κ1) is 11.8. The third-order valence-electron chi connectivity index (χ3n) is 3.76. The number of piperazine rings is 1. The summed E-state index contributed by atoms with van der Waals surface area (Å²) in [6, 6.07) is 6.26. The molecule has 0 bridgehead atoms. The summed E-state index contributed by atoms with van der Waals surface area (Å²) in [6.45, 7) is 3.29. The maximum absolute atomic E-state index is 6.38. The Kier molecular flexibility index (Phi) is 3.11. The number of nitrogens with one attached hydrogen (secondary N) is 1. The fourth-order valence-corrected chi connectivity index (χ4v) is 2.57. The van der Waals surface area contributed by atoms with Crippen LogP contribution in [0.4, 0.5) is 0 Å². The number of rotatable bonds is 2. The van der Waals surface area contributed by atoms with Crippen LogP contribution >= 0.6 is 0 Å². The van der Waals surface area contributed by atoms with E-state index in [-0.39, 0.29) is 6.04 Å². The predicted molar refractivity (Wildman–Crippen MR) is 68.8 cm³/mol. The Morgan fingerprint density at radius 1 is 1.39 bits per heavy atom. The van der Waals surface area contributed by atoms with Gasteiger partial charge >= 0.3 is 0 Å². The molecule has 0 saturated carbocycles. The quantitative estimate of drug-likeness (QED) is 0.790. The molecule has 0 spiro atoms. The lowest BCUT2D eigenvalue weighted by Crippen LogP contribution is -2.53. The lowest BCUT2D eigenvalue weighted by atomic mass is 9.97. The number of nitrogens with two attached hydrogens (primary N) is 1. The van der Waals surface area contributed by atoms with Crippen molar-refractivity contribution < 1.29 is 9.47 Å². The van der Waals surface area contributed by atoms with Crippen LogP contribution < -0.4 is 20.5 Å². The van der Waals surface area contributed by atoms with Gasteiger partial charge in [-0.25, -0.2) is 0 Å². The number of hydrogen-bond donors (Lipinski definition) is 2. The first-order chi connectivity index (χ1) is 8.75. The number of hydrogen-bond acceptors (Lipinski definition) is 5. The van der Waals surface area contributed by atoms with Crippen LogP contribution in [-0.4, -0.2) is 44.4 Å². The zero-order valence-corrected chi connectivity index (χ0v) is 10.6. The van der Waals surface area contributed by atoms with Crippen molar-refractivity contribution in [3.8, 4) is 11.5 Å². The van der Waals surface area contributed by atoms with Gasteiger partial charge < -0.3 is 20.5 Å². The highest BCUT2D eigenvalue weighted by atomic mass is 16.7. The molecule has 0 aromatic heterocycles. The Balaban J connectivity index is 1.81. The zero-order chi connectivity index (χ0) is 12.5. The Labute approximate surface area is 107 Å². The summed E-state index contributed by atoms with van der Waals surface area (Å²) in [4.78, 5) is 2.31. The van der Waals surface area contributed by atoms with Crippen LogP contribution in [0.25, 0.3) is 0 Å². The molecule has 5 nitrogen and oxygen atoms in total. The number of ether oxygens (including phenoxy) is 2. The van der Waals surface area contributed by atoms with Crippen LogP contribution in [0.15, 0.2) is 18.2 Å². The second-order valence-electron chi connectivity index (χ2n) is 4.89. The first-order valence-corrected chi connectivity index (χ1v) is 6.32. The fourth-order valence-electron chi connectivity index (χ4n) is 2.57. The molecule has 1 fully saturated rings. The van der Waals surface area contributed by atoms with Crippen LogP contribution in [0.2, 0.25) is 0 Å². The topological polar surface area (TPSA) is 59.8 Å². The Morgan fingerprint density at radius 2 is 2.22 bits per heavy atom. The molecule has 2 aliphatic rings. The monoisotopic (exact) mass is 249 g/mol. The average molecular weight is 249 g/mol. The highest BCUT2D eigenvalue weighted by molar-refractivity contribution is 5.45. The SMILES string of the molecule is CN1CCNCC1C(N)c1ccc2c(c1)OCO2. The Morgan fingerprint density at radius 3 is 3.06 bits per heavy atom. The summed E-state index contributed by atoms with van der Waals surface area (Å²) in [5, 5.41) is 3.39. The van der Waals surface area contributed by atoms with Gasteiger partial charge in [-0.05, 0) is 24.7 Å². The molecule has 2 unspecified atom stereocenters. The summed E-state index contributed by atoms with van der Waals surface area (Å²) in [7, 11) is 2.12. The van der Waals surface area contributed by atoms with Crippen molar-refractivity contribution in [1.29, 1.82) is 0 Å². The van der Waals surface area contributed by atoms with Gasteiger partial charge in [0.2, 0.25) is 6.79 Å². The van der Waals surface area contributed by atoms with E-state index >= 15 is 0 Å². The molecular formula is C13H19N3O2. The van der Waals surface area contributed by atoms with E-state index in [1.807, 2.05) is 18.2 Å². The van der Waals surface area contributed by atoms with Crippen molar-refractivity contribution in [2.24, 2.45) is 5.73 Å². The van der Waals surface area contributed by atoms with Gasteiger partial charge in [-0.2, -0.15) is 0 Å². The third kappa shape index (κ3) is 2.05. The molecule has 2 heterocycles. The normalized spacial score (nSPS) is 25.1. The van der Waals surface area contributed by atoms with Crippen molar-refractivity contribution in [3.63, 3.8) is 0 Å². The van der Waals surface area contributed by atoms with Crippen LogP contribution in [0.5, 0.6) is 11.5 Å². The van der Waals surface area contributed by atoms with Gasteiger partial charge in [-0.15, -0.1) is 0 Å². The largest absolute Gasteiger partial charge is 0.454 e. The highest BCUT2D eigenvalue weighted by Gasteiger charge is 2.27. The van der Waals surface area contributed by atoms with E-state index in [1.54, 1.807) is 0 Å². The van der Waals surface area contributed by atoms with E-state index < -0.39 is 0 Å². The van der Waals surface area contributed by atoms with E-state index in [1.165, 1.54) is 0 Å². The molecule has 1 aromatic carbocycles. The van der Waals surface area contributed by atoms with Crippen LogP contribution in [0, 0.1) is 0 Å². The summed E-state index contributed by atoms with van der Waals surface area (Å²) in [6.07, 6.45) is 0. The molecule has 18 heavy (non-hydrogen) atoms. The number of likely N-dealkylation sites (N-methyl/N-ethyl adjacent to an activating group) is 1. The molecule has 3 N–H and O–H groups in total. The second kappa shape index (κ2) is 4.76. The lowest BCUT2D eigenvalue weighted by Gasteiger charge is -2.37. The molecular weight excluding hydrogens is 230 g/mol. The minimum atomic E-state index is -0.0164. The van der Waals surface area contributed by atoms with Gasteiger partial charge in [0.15, 0.2) is 11.5 Å². The average Bonchev–Trinajstić information content (AvgIpc) is 2.85. The van der Waals surface area contributed by atoms with Crippen LogP contribution in [0.1, 0.15) is 11.6 Å². The van der Waals surface area contributed by atoms with E-state index in [9.17, 15) is 0 Å². The molecule has 1 aromatic rings. The minimum absolute atomic E-state index is 0.0164. The molecule has 5 heteroatoms. The fraction of sp³-hybridized carbons (Fsp3) is 0.538. The molecule has 0 aliphatic carbocycles. The molecule has 2 aliphatic heterocycles. The van der Waals surface area contributed by atoms with E-state index in [2.05, 4.69) is 17.3 Å². The van der Waals surface area contributed by atoms with E-state index in [0.29, 0.717) is 12.8 Å². The number of fused-ring (bicyclic) bond motifs is 1. The second-order valence-corrected chi connectivity index (χ2v) is 4.89. The van der Waals surface area contributed by atoms with Gasteiger partial charge in [-0.3, -0.25) is 4.90 Å². The molecule has 0 radical (unpaired) electrons. The molecule has 3 rings (SSSR count). The predicted octanol–water partition coefficient (Wildman–Crippen LogP) is 0.319. The van der Waals surface area contributed by atoms with Gasteiger partial charge in [-0.1, -0.05) is 6.07 Å². The van der Waals surface area contributed by atoms with Crippen LogP contribution in [0.3, 0.4) is 0 Å². The number of benzene rings is 1. The Bertz CT molecular complexity index is 438. The zero-order valence-electron chi connectivity index (χ0n) is 10.6. The smallest absolute Gasteiger partial charge is 0.231 e. The summed E-state index contributed by atoms with van der Waals surface area (Å²) < 4.78 is 10.7. The van der Waals surface area contributed by atoms with Crippen molar-refractivity contribution in [2.45, 2.75) is 12.1 Å². The van der Waals surface area contributed by atoms with Gasteiger partial charge in [0.25, 0.3) is 0 Å². The van der Waals surface area contributed by atoms with Gasteiger partial charge in [0, 0.05) is 31.7 Å². The van der Waals surface area contributed by atoms with E-state index in [0.717, 1.165) is 36.7 Å². The summed E-state index contributed by atoms with van der Waals surface area (Å²) in [5.74, 6) is 1.61. The van der Waals surface area contributed by atoms with Crippen molar-refractivity contribution in [3.05, 3.63) is 23.8 Å². The van der Waals surface area contributed by atoms with Gasteiger partial charge in [0.05, 0.1) is 0 Å². The number of nitrogens with zero attached hydrogens (tertiary/aromatic N) is 1. The molecule has 2 atom stereocenters. The minimum Gasteiger partial charge on any atom is -0.454 e. The lowest BCUT2D eigenvalue weighted by molar-refractivity contribution is 0.172. The van der Waals surface area contributed by atoms with Crippen molar-refractivity contribution >= 4 is 0 Å².